The lowest BCUT2D eigenvalue weighted by molar-refractivity contribution is -0.135. The summed E-state index contributed by atoms with van der Waals surface area (Å²) in [5, 5.41) is 0. The number of nitrogens with two attached hydrogens (primary N) is 1. The molecule has 4 heteroatoms. The van der Waals surface area contributed by atoms with Crippen molar-refractivity contribution in [3.8, 4) is 0 Å². The largest absolute Gasteiger partial charge is 0.371 e. The first-order chi connectivity index (χ1) is 7.63. The molecule has 1 heterocycles. The van der Waals surface area contributed by atoms with Gasteiger partial charge in [0.15, 0.2) is 0 Å². The molecule has 1 saturated heterocycles. The van der Waals surface area contributed by atoms with Crippen molar-refractivity contribution in [2.75, 3.05) is 32.8 Å². The van der Waals surface area contributed by atoms with Crippen LogP contribution in [0.4, 0.5) is 0 Å². The highest BCUT2D eigenvalue weighted by Crippen LogP contribution is 2.30. The molecule has 1 saturated carbocycles. The lowest BCUT2D eigenvalue weighted by Gasteiger charge is -2.22. The van der Waals surface area contributed by atoms with E-state index in [2.05, 4.69) is 6.92 Å². The van der Waals surface area contributed by atoms with Crippen molar-refractivity contribution in [3.63, 3.8) is 0 Å². The van der Waals surface area contributed by atoms with E-state index in [0.29, 0.717) is 6.54 Å². The van der Waals surface area contributed by atoms with Crippen molar-refractivity contribution < 1.29 is 9.53 Å². The fraction of sp³-hybridized carbons (Fsp3) is 0.917. The van der Waals surface area contributed by atoms with Crippen molar-refractivity contribution in [2.24, 2.45) is 17.1 Å². The van der Waals surface area contributed by atoms with Crippen LogP contribution in [0, 0.1) is 11.3 Å². The third kappa shape index (κ3) is 2.95. The molecule has 2 N–H and O–H groups in total. The van der Waals surface area contributed by atoms with Gasteiger partial charge in [0.1, 0.15) is 6.61 Å². The number of rotatable bonds is 5. The Labute approximate surface area is 97.1 Å². The molecule has 0 radical (unpaired) electrons. The Morgan fingerprint density at radius 1 is 1.56 bits per heavy atom. The number of nitrogens with zero attached hydrogens (tertiary/aromatic N) is 1. The van der Waals surface area contributed by atoms with Crippen molar-refractivity contribution in [2.45, 2.75) is 26.2 Å². The van der Waals surface area contributed by atoms with Crippen molar-refractivity contribution >= 4 is 5.91 Å². The SMILES string of the molecule is CC1(CN)CCN(C(=O)COCC2CC2)C1. The summed E-state index contributed by atoms with van der Waals surface area (Å²) in [7, 11) is 0. The molecular weight excluding hydrogens is 204 g/mol. The van der Waals surface area contributed by atoms with Gasteiger partial charge in [-0.15, -0.1) is 0 Å². The van der Waals surface area contributed by atoms with Crippen molar-refractivity contribution in [1.29, 1.82) is 0 Å². The molecule has 1 atom stereocenters. The summed E-state index contributed by atoms with van der Waals surface area (Å²) in [5.41, 5.74) is 5.83. The fourth-order valence-electron chi connectivity index (χ4n) is 2.09. The standard InChI is InChI=1S/C12H22N2O2/c1-12(8-13)4-5-14(9-12)11(15)7-16-6-10-2-3-10/h10H,2-9,13H2,1H3. The number of carbonyl (C=O) groups excluding carboxylic acids is 1. The van der Waals surface area contributed by atoms with Gasteiger partial charge < -0.3 is 15.4 Å². The number of likely N-dealkylation sites (tertiary alicyclic amines) is 1. The van der Waals surface area contributed by atoms with Crippen LogP contribution in [0.3, 0.4) is 0 Å². The summed E-state index contributed by atoms with van der Waals surface area (Å²) < 4.78 is 5.41. The predicted octanol–water partition coefficient (Wildman–Crippen LogP) is 0.610. The highest BCUT2D eigenvalue weighted by atomic mass is 16.5. The molecule has 0 aromatic heterocycles. The average Bonchev–Trinajstić information content (AvgIpc) is 3.00. The summed E-state index contributed by atoms with van der Waals surface area (Å²) >= 11 is 0. The Kier molecular flexibility index (Phi) is 3.50. The van der Waals surface area contributed by atoms with Gasteiger partial charge in [-0.05, 0) is 37.1 Å². The molecule has 0 aromatic rings. The topological polar surface area (TPSA) is 55.6 Å². The van der Waals surface area contributed by atoms with Gasteiger partial charge in [0.2, 0.25) is 5.91 Å². The Morgan fingerprint density at radius 3 is 2.88 bits per heavy atom. The van der Waals surface area contributed by atoms with Gasteiger partial charge in [-0.3, -0.25) is 4.79 Å². The van der Waals surface area contributed by atoms with E-state index in [9.17, 15) is 4.79 Å². The maximum absolute atomic E-state index is 11.8. The average molecular weight is 226 g/mol. The molecular formula is C12H22N2O2. The van der Waals surface area contributed by atoms with Crippen LogP contribution in [0.1, 0.15) is 26.2 Å². The lowest BCUT2D eigenvalue weighted by Crippen LogP contribution is -2.36. The Balaban J connectivity index is 1.69. The lowest BCUT2D eigenvalue weighted by atomic mass is 9.90. The van der Waals surface area contributed by atoms with Crippen LogP contribution < -0.4 is 5.73 Å². The molecule has 2 fully saturated rings. The van der Waals surface area contributed by atoms with E-state index in [0.717, 1.165) is 32.0 Å². The monoisotopic (exact) mass is 226 g/mol. The minimum atomic E-state index is 0.117. The first-order valence-corrected chi connectivity index (χ1v) is 6.18. The quantitative estimate of drug-likeness (QED) is 0.747. The number of ether oxygens (including phenoxy) is 1. The van der Waals surface area contributed by atoms with Gasteiger partial charge >= 0.3 is 0 Å². The van der Waals surface area contributed by atoms with Gasteiger partial charge in [-0.25, -0.2) is 0 Å². The summed E-state index contributed by atoms with van der Waals surface area (Å²) in [6.07, 6.45) is 3.55. The second-order valence-electron chi connectivity index (χ2n) is 5.54. The van der Waals surface area contributed by atoms with Gasteiger partial charge in [0.05, 0.1) is 6.61 Å². The number of carbonyl (C=O) groups is 1. The summed E-state index contributed by atoms with van der Waals surface area (Å²) in [4.78, 5) is 13.7. The maximum Gasteiger partial charge on any atom is 0.248 e. The summed E-state index contributed by atoms with van der Waals surface area (Å²) in [6, 6.07) is 0. The van der Waals surface area contributed by atoms with Crippen LogP contribution in [0.5, 0.6) is 0 Å². The molecule has 1 unspecified atom stereocenters. The zero-order chi connectivity index (χ0) is 11.6. The zero-order valence-electron chi connectivity index (χ0n) is 10.1. The van der Waals surface area contributed by atoms with Crippen LogP contribution in [0.25, 0.3) is 0 Å². The Bertz CT molecular complexity index is 266. The van der Waals surface area contributed by atoms with Crippen LogP contribution in [-0.2, 0) is 9.53 Å². The molecule has 2 aliphatic rings. The molecule has 1 aliphatic heterocycles. The highest BCUT2D eigenvalue weighted by Gasteiger charge is 2.34. The van der Waals surface area contributed by atoms with E-state index < -0.39 is 0 Å². The summed E-state index contributed by atoms with van der Waals surface area (Å²) in [5.74, 6) is 0.846. The zero-order valence-corrected chi connectivity index (χ0v) is 10.1. The molecule has 1 aliphatic carbocycles. The van der Waals surface area contributed by atoms with E-state index in [-0.39, 0.29) is 17.9 Å². The molecule has 16 heavy (non-hydrogen) atoms. The minimum Gasteiger partial charge on any atom is -0.371 e. The van der Waals surface area contributed by atoms with Crippen LogP contribution in [-0.4, -0.2) is 43.7 Å². The maximum atomic E-state index is 11.8. The highest BCUT2D eigenvalue weighted by molar-refractivity contribution is 5.77. The number of hydrogen-bond acceptors (Lipinski definition) is 3. The molecule has 4 nitrogen and oxygen atoms in total. The first kappa shape index (κ1) is 11.9. The number of hydrogen-bond donors (Lipinski definition) is 1. The van der Waals surface area contributed by atoms with Gasteiger partial charge in [0.25, 0.3) is 0 Å². The van der Waals surface area contributed by atoms with E-state index in [1.54, 1.807) is 0 Å². The smallest absolute Gasteiger partial charge is 0.248 e. The molecule has 0 bridgehead atoms. The minimum absolute atomic E-state index is 0.117. The van der Waals surface area contributed by atoms with Crippen molar-refractivity contribution in [3.05, 3.63) is 0 Å². The summed E-state index contributed by atoms with van der Waals surface area (Å²) in [6.45, 7) is 5.42. The van der Waals surface area contributed by atoms with Gasteiger partial charge in [-0.1, -0.05) is 6.92 Å². The van der Waals surface area contributed by atoms with Gasteiger partial charge in [0, 0.05) is 13.1 Å². The Hall–Kier alpha value is -0.610. The van der Waals surface area contributed by atoms with E-state index in [4.69, 9.17) is 10.5 Å². The molecule has 1 amide bonds. The fourth-order valence-corrected chi connectivity index (χ4v) is 2.09. The number of amides is 1. The van der Waals surface area contributed by atoms with Crippen LogP contribution >= 0.6 is 0 Å². The van der Waals surface area contributed by atoms with E-state index in [1.807, 2.05) is 4.90 Å². The van der Waals surface area contributed by atoms with Crippen LogP contribution in [0.15, 0.2) is 0 Å². The molecule has 2 rings (SSSR count). The first-order valence-electron chi connectivity index (χ1n) is 6.18. The van der Waals surface area contributed by atoms with Gasteiger partial charge in [-0.2, -0.15) is 0 Å². The van der Waals surface area contributed by atoms with E-state index in [1.165, 1.54) is 12.8 Å². The van der Waals surface area contributed by atoms with E-state index >= 15 is 0 Å². The van der Waals surface area contributed by atoms with Crippen LogP contribution in [0.2, 0.25) is 0 Å². The molecule has 0 spiro atoms. The third-order valence-electron chi connectivity index (χ3n) is 3.68. The second kappa shape index (κ2) is 4.72. The third-order valence-corrected chi connectivity index (χ3v) is 3.68. The molecule has 92 valence electrons. The second-order valence-corrected chi connectivity index (χ2v) is 5.54. The predicted molar refractivity (Wildman–Crippen MR) is 61.9 cm³/mol. The van der Waals surface area contributed by atoms with Crippen molar-refractivity contribution in [1.82, 2.24) is 4.90 Å². The molecule has 0 aromatic carbocycles. The normalized spacial score (nSPS) is 29.8. The Morgan fingerprint density at radius 2 is 2.31 bits per heavy atom.